The number of fused-ring (bicyclic) bond motifs is 3. The van der Waals surface area contributed by atoms with Crippen LogP contribution >= 0.6 is 15.9 Å². The van der Waals surface area contributed by atoms with Crippen LogP contribution in [-0.4, -0.2) is 16.5 Å². The van der Waals surface area contributed by atoms with Crippen molar-refractivity contribution in [2.75, 3.05) is 6.54 Å². The Balaban J connectivity index is 1.82. The lowest BCUT2D eigenvalue weighted by Crippen LogP contribution is -2.31. The quantitative estimate of drug-likeness (QED) is 0.725. The van der Waals surface area contributed by atoms with Gasteiger partial charge in [-0.3, -0.25) is 4.98 Å². The van der Waals surface area contributed by atoms with Crippen molar-refractivity contribution >= 4 is 26.8 Å². The highest BCUT2D eigenvalue weighted by Gasteiger charge is 2.26. The minimum atomic E-state index is 0.154. The number of aromatic amines is 1. The molecule has 2 aromatic heterocycles. The largest absolute Gasteiger partial charge is 0.357 e. The van der Waals surface area contributed by atoms with Crippen LogP contribution in [0.25, 0.3) is 10.9 Å². The Morgan fingerprint density at radius 1 is 1.27 bits per heavy atom. The zero-order valence-electron chi connectivity index (χ0n) is 12.5. The summed E-state index contributed by atoms with van der Waals surface area (Å²) in [5.41, 5.74) is 6.24. The number of aromatic nitrogens is 2. The Morgan fingerprint density at radius 3 is 2.95 bits per heavy atom. The first-order valence-electron chi connectivity index (χ1n) is 7.74. The molecule has 1 unspecified atom stereocenters. The molecule has 1 aliphatic rings. The fourth-order valence-electron chi connectivity index (χ4n) is 3.27. The van der Waals surface area contributed by atoms with E-state index in [0.717, 1.165) is 29.6 Å². The summed E-state index contributed by atoms with van der Waals surface area (Å²) in [7, 11) is 0. The first-order valence-corrected chi connectivity index (χ1v) is 8.53. The van der Waals surface area contributed by atoms with Crippen molar-refractivity contribution in [3.8, 4) is 0 Å². The van der Waals surface area contributed by atoms with E-state index in [2.05, 4.69) is 68.5 Å². The summed E-state index contributed by atoms with van der Waals surface area (Å²) < 4.78 is 1.13. The molecule has 0 saturated heterocycles. The smallest absolute Gasteiger partial charge is 0.0906 e. The average molecular weight is 356 g/mol. The number of H-pyrrole nitrogens is 1. The molecular formula is C18H18BrN3. The van der Waals surface area contributed by atoms with E-state index in [9.17, 15) is 0 Å². The van der Waals surface area contributed by atoms with E-state index in [1.807, 2.05) is 6.20 Å². The molecule has 22 heavy (non-hydrogen) atoms. The second-order valence-corrected chi connectivity index (χ2v) is 6.70. The molecule has 4 rings (SSSR count). The first kappa shape index (κ1) is 14.0. The van der Waals surface area contributed by atoms with Crippen molar-refractivity contribution in [2.45, 2.75) is 25.8 Å². The number of halogens is 1. The maximum absolute atomic E-state index is 4.67. The number of nitrogens with zero attached hydrogens (tertiary/aromatic N) is 1. The first-order chi connectivity index (χ1) is 10.8. The maximum Gasteiger partial charge on any atom is 0.0906 e. The zero-order valence-corrected chi connectivity index (χ0v) is 14.1. The Kier molecular flexibility index (Phi) is 3.51. The topological polar surface area (TPSA) is 40.7 Å². The van der Waals surface area contributed by atoms with Crippen LogP contribution in [0.1, 0.15) is 35.5 Å². The summed E-state index contributed by atoms with van der Waals surface area (Å²) in [4.78, 5) is 8.27. The normalized spacial score (nSPS) is 17.6. The van der Waals surface area contributed by atoms with E-state index < -0.39 is 0 Å². The van der Waals surface area contributed by atoms with Gasteiger partial charge in [-0.2, -0.15) is 0 Å². The van der Waals surface area contributed by atoms with Gasteiger partial charge >= 0.3 is 0 Å². The Morgan fingerprint density at radius 2 is 2.18 bits per heavy atom. The van der Waals surface area contributed by atoms with E-state index in [4.69, 9.17) is 0 Å². The van der Waals surface area contributed by atoms with Gasteiger partial charge in [-0.1, -0.05) is 28.9 Å². The number of pyridine rings is 1. The van der Waals surface area contributed by atoms with Gasteiger partial charge in [-0.15, -0.1) is 0 Å². The third-order valence-electron chi connectivity index (χ3n) is 4.46. The molecule has 0 saturated carbocycles. The number of benzene rings is 1. The summed E-state index contributed by atoms with van der Waals surface area (Å²) in [5.74, 6) is 0. The minimum Gasteiger partial charge on any atom is -0.357 e. The van der Waals surface area contributed by atoms with Gasteiger partial charge in [0.1, 0.15) is 0 Å². The van der Waals surface area contributed by atoms with E-state index in [1.165, 1.54) is 27.7 Å². The number of nitrogens with one attached hydrogen (secondary N) is 2. The van der Waals surface area contributed by atoms with Crippen LogP contribution in [0.5, 0.6) is 0 Å². The molecule has 0 fully saturated rings. The number of hydrogen-bond acceptors (Lipinski definition) is 2. The van der Waals surface area contributed by atoms with Crippen LogP contribution in [0.3, 0.4) is 0 Å². The fourth-order valence-corrected chi connectivity index (χ4v) is 3.63. The SMILES string of the molecule is CCc1ccc(C2NCCc3c2[nH]c2ccc(Br)cc32)nc1. The Labute approximate surface area is 138 Å². The van der Waals surface area contributed by atoms with Gasteiger partial charge in [-0.25, -0.2) is 0 Å². The fraction of sp³-hybridized carbons (Fsp3) is 0.278. The average Bonchev–Trinajstić information content (AvgIpc) is 2.93. The number of hydrogen-bond donors (Lipinski definition) is 2. The minimum absolute atomic E-state index is 0.154. The lowest BCUT2D eigenvalue weighted by Gasteiger charge is -2.24. The van der Waals surface area contributed by atoms with Crippen LogP contribution in [0.15, 0.2) is 41.0 Å². The van der Waals surface area contributed by atoms with Crippen molar-refractivity contribution in [1.82, 2.24) is 15.3 Å². The van der Waals surface area contributed by atoms with E-state index in [1.54, 1.807) is 0 Å². The van der Waals surface area contributed by atoms with Gasteiger partial charge in [0.15, 0.2) is 0 Å². The molecule has 2 N–H and O–H groups in total. The molecule has 3 heterocycles. The standard InChI is InChI=1S/C18H18BrN3/c1-2-11-3-5-16(21-10-11)18-17-13(7-8-20-18)14-9-12(19)4-6-15(14)22-17/h3-6,9-10,18,20,22H,2,7-8H2,1H3. The van der Waals surface area contributed by atoms with Crippen LogP contribution in [-0.2, 0) is 12.8 Å². The molecule has 3 aromatic rings. The molecule has 0 radical (unpaired) electrons. The Bertz CT molecular complexity index is 820. The summed E-state index contributed by atoms with van der Waals surface area (Å²) in [6.07, 6.45) is 4.07. The number of aryl methyl sites for hydroxylation is 1. The van der Waals surface area contributed by atoms with Crippen LogP contribution in [0.4, 0.5) is 0 Å². The van der Waals surface area contributed by atoms with Gasteiger partial charge in [0.2, 0.25) is 0 Å². The molecule has 1 aliphatic heterocycles. The molecule has 3 nitrogen and oxygen atoms in total. The molecule has 0 amide bonds. The number of rotatable bonds is 2. The summed E-state index contributed by atoms with van der Waals surface area (Å²) >= 11 is 3.58. The van der Waals surface area contributed by atoms with Crippen molar-refractivity contribution < 1.29 is 0 Å². The second kappa shape index (κ2) is 5.52. The van der Waals surface area contributed by atoms with Gasteiger partial charge in [-0.05, 0) is 48.2 Å². The van der Waals surface area contributed by atoms with Gasteiger partial charge in [0, 0.05) is 33.8 Å². The highest BCUT2D eigenvalue weighted by molar-refractivity contribution is 9.10. The lowest BCUT2D eigenvalue weighted by atomic mass is 9.97. The van der Waals surface area contributed by atoms with Crippen molar-refractivity contribution in [3.05, 3.63) is 63.5 Å². The van der Waals surface area contributed by atoms with Crippen LogP contribution in [0.2, 0.25) is 0 Å². The van der Waals surface area contributed by atoms with Crippen molar-refractivity contribution in [3.63, 3.8) is 0 Å². The van der Waals surface area contributed by atoms with E-state index in [0.29, 0.717) is 0 Å². The predicted octanol–water partition coefficient (Wildman–Crippen LogP) is 4.12. The molecule has 4 heteroatoms. The van der Waals surface area contributed by atoms with Gasteiger partial charge in [0.05, 0.1) is 11.7 Å². The van der Waals surface area contributed by atoms with Crippen molar-refractivity contribution in [1.29, 1.82) is 0 Å². The maximum atomic E-state index is 4.67. The molecule has 1 aromatic carbocycles. The monoisotopic (exact) mass is 355 g/mol. The van der Waals surface area contributed by atoms with Crippen molar-refractivity contribution in [2.24, 2.45) is 0 Å². The highest BCUT2D eigenvalue weighted by atomic mass is 79.9. The molecular weight excluding hydrogens is 338 g/mol. The van der Waals surface area contributed by atoms with Crippen LogP contribution in [0, 0.1) is 0 Å². The van der Waals surface area contributed by atoms with E-state index in [-0.39, 0.29) is 6.04 Å². The molecule has 0 spiro atoms. The summed E-state index contributed by atoms with van der Waals surface area (Å²) in [5, 5.41) is 4.92. The highest BCUT2D eigenvalue weighted by Crippen LogP contribution is 2.34. The van der Waals surface area contributed by atoms with E-state index >= 15 is 0 Å². The van der Waals surface area contributed by atoms with Gasteiger partial charge < -0.3 is 10.3 Å². The molecule has 0 bridgehead atoms. The van der Waals surface area contributed by atoms with Crippen LogP contribution < -0.4 is 5.32 Å². The molecule has 112 valence electrons. The summed E-state index contributed by atoms with van der Waals surface area (Å²) in [6.45, 7) is 3.14. The zero-order chi connectivity index (χ0) is 15.1. The molecule has 1 atom stereocenters. The summed E-state index contributed by atoms with van der Waals surface area (Å²) in [6, 6.07) is 10.9. The molecule has 0 aliphatic carbocycles. The Hall–Kier alpha value is -1.65. The third kappa shape index (κ3) is 2.27. The third-order valence-corrected chi connectivity index (χ3v) is 4.96. The second-order valence-electron chi connectivity index (χ2n) is 5.79. The lowest BCUT2D eigenvalue weighted by molar-refractivity contribution is 0.549. The van der Waals surface area contributed by atoms with Gasteiger partial charge in [0.25, 0.3) is 0 Å². The predicted molar refractivity (Wildman–Crippen MR) is 93.2 cm³/mol.